The van der Waals surface area contributed by atoms with Crippen LogP contribution in [0.4, 0.5) is 10.1 Å². The van der Waals surface area contributed by atoms with E-state index in [4.69, 9.17) is 0 Å². The van der Waals surface area contributed by atoms with Crippen LogP contribution in [0.5, 0.6) is 0 Å². The van der Waals surface area contributed by atoms with Crippen LogP contribution in [-0.2, 0) is 27.5 Å². The molecular formula is C40H52FN7O4. The van der Waals surface area contributed by atoms with Gasteiger partial charge in [-0.05, 0) is 61.4 Å². The molecule has 278 valence electrons. The Morgan fingerprint density at radius 3 is 2.37 bits per heavy atom. The van der Waals surface area contributed by atoms with Crippen molar-refractivity contribution in [1.82, 2.24) is 30.2 Å². The number of aromatic nitrogens is 2. The first-order valence-electron chi connectivity index (χ1n) is 18.9. The van der Waals surface area contributed by atoms with E-state index in [1.54, 1.807) is 34.8 Å². The molecule has 0 spiro atoms. The summed E-state index contributed by atoms with van der Waals surface area (Å²) in [6.45, 7) is 9.30. The van der Waals surface area contributed by atoms with Gasteiger partial charge >= 0.3 is 0 Å². The maximum atomic E-state index is 15.8. The zero-order valence-electron chi connectivity index (χ0n) is 30.6. The minimum atomic E-state index is -0.872. The highest BCUT2D eigenvalue weighted by molar-refractivity contribution is 5.99. The monoisotopic (exact) mass is 713 g/mol. The summed E-state index contributed by atoms with van der Waals surface area (Å²) in [5.74, 6) is -2.51. The van der Waals surface area contributed by atoms with Gasteiger partial charge in [0.05, 0.1) is 17.1 Å². The zero-order chi connectivity index (χ0) is 36.8. The molecule has 0 radical (unpaired) electrons. The Balaban J connectivity index is 1.12. The quantitative estimate of drug-likeness (QED) is 0.227. The van der Waals surface area contributed by atoms with E-state index >= 15 is 4.39 Å². The first kappa shape index (κ1) is 37.2. The lowest BCUT2D eigenvalue weighted by Gasteiger charge is -2.37. The van der Waals surface area contributed by atoms with Gasteiger partial charge in [-0.2, -0.15) is 5.10 Å². The van der Waals surface area contributed by atoms with Crippen LogP contribution < -0.4 is 16.0 Å². The van der Waals surface area contributed by atoms with Crippen molar-refractivity contribution in [3.63, 3.8) is 0 Å². The number of piperazine rings is 1. The number of anilines is 1. The van der Waals surface area contributed by atoms with Crippen molar-refractivity contribution in [3.8, 4) is 0 Å². The second-order valence-corrected chi connectivity index (χ2v) is 14.6. The normalized spacial score (nSPS) is 21.9. The number of carbonyl (C=O) groups is 4. The van der Waals surface area contributed by atoms with Gasteiger partial charge < -0.3 is 20.9 Å². The van der Waals surface area contributed by atoms with E-state index in [2.05, 4.69) is 38.1 Å². The van der Waals surface area contributed by atoms with Crippen LogP contribution in [0.25, 0.3) is 0 Å². The molecule has 1 aliphatic heterocycles. The number of benzene rings is 2. The van der Waals surface area contributed by atoms with Crippen molar-refractivity contribution >= 4 is 29.3 Å². The van der Waals surface area contributed by atoms with Gasteiger partial charge in [0, 0.05) is 57.8 Å². The Labute approximate surface area is 305 Å². The number of amides is 4. The Morgan fingerprint density at radius 2 is 1.69 bits per heavy atom. The zero-order valence-corrected chi connectivity index (χ0v) is 30.6. The lowest BCUT2D eigenvalue weighted by atomic mass is 9.81. The van der Waals surface area contributed by atoms with Crippen LogP contribution in [0.3, 0.4) is 0 Å². The van der Waals surface area contributed by atoms with E-state index < -0.39 is 29.2 Å². The first-order chi connectivity index (χ1) is 25.1. The SMILES string of the molecule is CCC(=O)N[C@@H](C(=O)N1CCN(Cc2ccccc2)CC1)[C@@H](C)c1ccc(NC(=O)C2C[C@@]2(NC(=O)c2ccnn2CC)C2CCCCC2)c(F)c1. The van der Waals surface area contributed by atoms with Crippen molar-refractivity contribution in [2.24, 2.45) is 11.8 Å². The van der Waals surface area contributed by atoms with Gasteiger partial charge in [-0.3, -0.25) is 28.8 Å². The number of aryl methyl sites for hydroxylation is 1. The van der Waals surface area contributed by atoms with E-state index in [9.17, 15) is 19.2 Å². The topological polar surface area (TPSA) is 129 Å². The molecule has 2 aliphatic carbocycles. The molecule has 1 unspecified atom stereocenters. The molecule has 4 amide bonds. The van der Waals surface area contributed by atoms with E-state index in [0.29, 0.717) is 50.4 Å². The number of rotatable bonds is 13. The molecule has 12 heteroatoms. The van der Waals surface area contributed by atoms with Gasteiger partial charge in [0.15, 0.2) is 0 Å². The van der Waals surface area contributed by atoms with Gasteiger partial charge in [0.1, 0.15) is 17.6 Å². The molecule has 3 N–H and O–H groups in total. The first-order valence-corrected chi connectivity index (χ1v) is 18.9. The highest BCUT2D eigenvalue weighted by Crippen LogP contribution is 2.54. The maximum absolute atomic E-state index is 15.8. The summed E-state index contributed by atoms with van der Waals surface area (Å²) in [5, 5.41) is 13.1. The molecule has 3 fully saturated rings. The number of hydrogen-bond acceptors (Lipinski definition) is 6. The Hall–Kier alpha value is -4.58. The highest BCUT2D eigenvalue weighted by Gasteiger charge is 2.63. The minimum absolute atomic E-state index is 0.0378. The number of nitrogens with zero attached hydrogens (tertiary/aromatic N) is 4. The molecule has 3 aromatic rings. The van der Waals surface area contributed by atoms with Crippen molar-refractivity contribution in [3.05, 3.63) is 83.4 Å². The summed E-state index contributed by atoms with van der Waals surface area (Å²) in [4.78, 5) is 57.7. The smallest absolute Gasteiger partial charge is 0.270 e. The van der Waals surface area contributed by atoms with Gasteiger partial charge in [-0.25, -0.2) is 4.39 Å². The molecule has 3 aliphatic rings. The summed E-state index contributed by atoms with van der Waals surface area (Å²) in [6.07, 6.45) is 7.39. The summed E-state index contributed by atoms with van der Waals surface area (Å²) >= 11 is 0. The third kappa shape index (κ3) is 8.22. The predicted octanol–water partition coefficient (Wildman–Crippen LogP) is 5.09. The molecule has 52 heavy (non-hydrogen) atoms. The molecule has 6 rings (SSSR count). The second kappa shape index (κ2) is 16.4. The molecule has 4 atom stereocenters. The molecule has 0 bridgehead atoms. The van der Waals surface area contributed by atoms with Crippen LogP contribution in [0.1, 0.15) is 93.3 Å². The molecule has 2 aromatic carbocycles. The van der Waals surface area contributed by atoms with Crippen molar-refractivity contribution < 1.29 is 23.6 Å². The van der Waals surface area contributed by atoms with Crippen molar-refractivity contribution in [2.45, 2.75) is 96.3 Å². The largest absolute Gasteiger partial charge is 0.344 e. The average molecular weight is 714 g/mol. The lowest BCUT2D eigenvalue weighted by Crippen LogP contribution is -2.56. The maximum Gasteiger partial charge on any atom is 0.270 e. The highest BCUT2D eigenvalue weighted by atomic mass is 19.1. The van der Waals surface area contributed by atoms with Crippen LogP contribution >= 0.6 is 0 Å². The van der Waals surface area contributed by atoms with E-state index in [0.717, 1.165) is 38.6 Å². The standard InChI is InChI=1S/C40H52FN7O4/c1-4-35(49)44-36(39(52)47-22-20-46(21-23-47)26-28-12-8-6-9-13-28)27(3)29-16-17-33(32(41)24-29)43-37(50)31-25-40(31,30-14-10-7-11-15-30)45-38(51)34-18-19-42-48(34)5-2/h6,8-9,12-13,16-19,24,27,30-31,36H,4-5,7,10-11,14-15,20-23,25-26H2,1-3H3,(H,43,50)(H,44,49)(H,45,51)/t27-,31?,36+,40+/m0/s1. The Bertz CT molecular complexity index is 1730. The summed E-state index contributed by atoms with van der Waals surface area (Å²) in [7, 11) is 0. The van der Waals surface area contributed by atoms with E-state index in [1.807, 2.05) is 32.0 Å². The molecule has 2 saturated carbocycles. The third-order valence-corrected chi connectivity index (χ3v) is 11.4. The molecule has 11 nitrogen and oxygen atoms in total. The summed E-state index contributed by atoms with van der Waals surface area (Å²) < 4.78 is 17.4. The van der Waals surface area contributed by atoms with Crippen molar-refractivity contribution in [1.29, 1.82) is 0 Å². The number of carbonyl (C=O) groups excluding carboxylic acids is 4. The average Bonchev–Trinajstić information content (AvgIpc) is 3.69. The number of nitrogens with one attached hydrogen (secondary N) is 3. The van der Waals surface area contributed by atoms with Crippen LogP contribution in [0.15, 0.2) is 60.8 Å². The van der Waals surface area contributed by atoms with Gasteiger partial charge in [0.25, 0.3) is 5.91 Å². The fourth-order valence-corrected chi connectivity index (χ4v) is 8.14. The second-order valence-electron chi connectivity index (χ2n) is 14.6. The predicted molar refractivity (Wildman–Crippen MR) is 197 cm³/mol. The van der Waals surface area contributed by atoms with Crippen LogP contribution in [-0.4, -0.2) is 81.0 Å². The van der Waals surface area contributed by atoms with Gasteiger partial charge in [-0.15, -0.1) is 0 Å². The van der Waals surface area contributed by atoms with Gasteiger partial charge in [-0.1, -0.05) is 69.5 Å². The fourth-order valence-electron chi connectivity index (χ4n) is 8.14. The van der Waals surface area contributed by atoms with E-state index in [-0.39, 0.29) is 41.7 Å². The van der Waals surface area contributed by atoms with Crippen molar-refractivity contribution in [2.75, 3.05) is 31.5 Å². The molecule has 2 heterocycles. The lowest BCUT2D eigenvalue weighted by molar-refractivity contribution is -0.138. The Kier molecular flexibility index (Phi) is 11.7. The number of hydrogen-bond donors (Lipinski definition) is 3. The van der Waals surface area contributed by atoms with Crippen LogP contribution in [0.2, 0.25) is 0 Å². The van der Waals surface area contributed by atoms with Gasteiger partial charge in [0.2, 0.25) is 17.7 Å². The molecular weight excluding hydrogens is 661 g/mol. The van der Waals surface area contributed by atoms with E-state index in [1.165, 1.54) is 17.7 Å². The molecule has 1 saturated heterocycles. The minimum Gasteiger partial charge on any atom is -0.344 e. The van der Waals surface area contributed by atoms with Crippen LogP contribution in [0, 0.1) is 17.7 Å². The number of halogens is 1. The fraction of sp³-hybridized carbons (Fsp3) is 0.525. The summed E-state index contributed by atoms with van der Waals surface area (Å²) in [5.41, 5.74) is 1.56. The Morgan fingerprint density at radius 1 is 0.962 bits per heavy atom. The third-order valence-electron chi connectivity index (χ3n) is 11.4. The summed E-state index contributed by atoms with van der Waals surface area (Å²) in [6, 6.07) is 15.6. The molecule has 1 aromatic heterocycles.